The number of ether oxygens (including phenoxy) is 1. The van der Waals surface area contributed by atoms with E-state index in [0.29, 0.717) is 19.7 Å². The molecule has 0 unspecified atom stereocenters. The first-order valence-electron chi connectivity index (χ1n) is 9.95. The molecule has 0 saturated carbocycles. The smallest absolute Gasteiger partial charge is 0.191 e. The van der Waals surface area contributed by atoms with Crippen LogP contribution < -0.4 is 15.4 Å². The molecule has 1 aromatic carbocycles. The van der Waals surface area contributed by atoms with Gasteiger partial charge in [-0.15, -0.1) is 0 Å². The first-order chi connectivity index (χ1) is 13.7. The standard InChI is InChI=1S/C20H33N7O/c1-5-21-20(23-15-19-24-16-25-26(19)4)22-14-17-8-10-18(11-9-17)28-13-12-27(6-2)7-3/h8-11,16H,5-7,12-15H2,1-4H3,(H2,21,22,23). The number of benzene rings is 1. The minimum Gasteiger partial charge on any atom is -0.492 e. The van der Waals surface area contributed by atoms with Crippen molar-refractivity contribution in [3.63, 3.8) is 0 Å². The van der Waals surface area contributed by atoms with Crippen LogP contribution in [0.4, 0.5) is 0 Å². The Hall–Kier alpha value is -2.61. The number of aliphatic imine (C=N–C) groups is 1. The van der Waals surface area contributed by atoms with E-state index in [0.717, 1.165) is 49.3 Å². The van der Waals surface area contributed by atoms with Gasteiger partial charge in [-0.25, -0.2) is 9.98 Å². The summed E-state index contributed by atoms with van der Waals surface area (Å²) in [6.07, 6.45) is 1.55. The Labute approximate surface area is 168 Å². The van der Waals surface area contributed by atoms with Gasteiger partial charge >= 0.3 is 0 Å². The van der Waals surface area contributed by atoms with Crippen LogP contribution in [0.2, 0.25) is 0 Å². The summed E-state index contributed by atoms with van der Waals surface area (Å²) in [7, 11) is 1.87. The molecule has 0 saturated heterocycles. The molecule has 0 aliphatic heterocycles. The van der Waals surface area contributed by atoms with E-state index in [4.69, 9.17) is 4.74 Å². The minimum atomic E-state index is 0.571. The average molecular weight is 388 g/mol. The van der Waals surface area contributed by atoms with Gasteiger partial charge in [-0.05, 0) is 37.7 Å². The zero-order valence-corrected chi connectivity index (χ0v) is 17.5. The summed E-state index contributed by atoms with van der Waals surface area (Å²) in [6, 6.07) is 8.13. The number of guanidine groups is 1. The molecule has 0 fully saturated rings. The first kappa shape index (κ1) is 21.7. The van der Waals surface area contributed by atoms with Gasteiger partial charge in [0.2, 0.25) is 0 Å². The highest BCUT2D eigenvalue weighted by molar-refractivity contribution is 5.79. The third-order valence-corrected chi connectivity index (χ3v) is 4.48. The summed E-state index contributed by atoms with van der Waals surface area (Å²) in [5, 5.41) is 10.6. The monoisotopic (exact) mass is 387 g/mol. The molecule has 8 heteroatoms. The fourth-order valence-electron chi connectivity index (χ4n) is 2.68. The van der Waals surface area contributed by atoms with Crippen LogP contribution in [-0.4, -0.2) is 58.4 Å². The van der Waals surface area contributed by atoms with Crippen LogP contribution in [0.5, 0.6) is 5.75 Å². The van der Waals surface area contributed by atoms with Crippen molar-refractivity contribution >= 4 is 5.96 Å². The predicted molar refractivity (Wildman–Crippen MR) is 112 cm³/mol. The van der Waals surface area contributed by atoms with E-state index in [1.807, 2.05) is 26.1 Å². The van der Waals surface area contributed by atoms with Crippen LogP contribution in [-0.2, 0) is 20.1 Å². The third kappa shape index (κ3) is 7.19. The Balaban J connectivity index is 1.83. The number of hydrogen-bond acceptors (Lipinski definition) is 5. The van der Waals surface area contributed by atoms with Gasteiger partial charge in [0.15, 0.2) is 5.96 Å². The van der Waals surface area contributed by atoms with Crippen LogP contribution >= 0.6 is 0 Å². The summed E-state index contributed by atoms with van der Waals surface area (Å²) in [5.41, 5.74) is 1.13. The van der Waals surface area contributed by atoms with Crippen molar-refractivity contribution in [1.29, 1.82) is 0 Å². The molecular weight excluding hydrogens is 354 g/mol. The molecule has 2 rings (SSSR count). The molecule has 0 spiro atoms. The number of likely N-dealkylation sites (N-methyl/N-ethyl adjacent to an activating group) is 1. The van der Waals surface area contributed by atoms with Gasteiger partial charge < -0.3 is 20.3 Å². The quantitative estimate of drug-likeness (QED) is 0.452. The van der Waals surface area contributed by atoms with Crippen LogP contribution in [0.1, 0.15) is 32.2 Å². The van der Waals surface area contributed by atoms with Crippen LogP contribution in [0.25, 0.3) is 0 Å². The fourth-order valence-corrected chi connectivity index (χ4v) is 2.68. The van der Waals surface area contributed by atoms with E-state index < -0.39 is 0 Å². The van der Waals surface area contributed by atoms with Gasteiger partial charge in [-0.3, -0.25) is 4.68 Å². The molecule has 154 valence electrons. The number of nitrogens with one attached hydrogen (secondary N) is 2. The maximum atomic E-state index is 5.83. The van der Waals surface area contributed by atoms with Crippen LogP contribution in [0, 0.1) is 0 Å². The third-order valence-electron chi connectivity index (χ3n) is 4.48. The lowest BCUT2D eigenvalue weighted by molar-refractivity contribution is 0.223. The highest BCUT2D eigenvalue weighted by atomic mass is 16.5. The Morgan fingerprint density at radius 1 is 1.14 bits per heavy atom. The summed E-state index contributed by atoms with van der Waals surface area (Å²) in [4.78, 5) is 11.2. The number of nitrogens with zero attached hydrogens (tertiary/aromatic N) is 5. The molecule has 1 heterocycles. The number of aromatic nitrogens is 3. The van der Waals surface area contributed by atoms with E-state index in [1.54, 1.807) is 11.0 Å². The Kier molecular flexibility index (Phi) is 9.27. The highest BCUT2D eigenvalue weighted by Gasteiger charge is 2.03. The molecule has 2 aromatic rings. The number of rotatable bonds is 11. The second-order valence-corrected chi connectivity index (χ2v) is 6.37. The molecule has 0 atom stereocenters. The molecule has 0 bridgehead atoms. The predicted octanol–water partition coefficient (Wildman–Crippen LogP) is 1.79. The van der Waals surface area contributed by atoms with Gasteiger partial charge in [0.25, 0.3) is 0 Å². The van der Waals surface area contributed by atoms with Gasteiger partial charge in [0, 0.05) is 20.1 Å². The topological polar surface area (TPSA) is 79.6 Å². The van der Waals surface area contributed by atoms with Crippen molar-refractivity contribution in [2.75, 3.05) is 32.8 Å². The lowest BCUT2D eigenvalue weighted by Crippen LogP contribution is -2.37. The molecule has 0 radical (unpaired) electrons. The maximum absolute atomic E-state index is 5.83. The largest absolute Gasteiger partial charge is 0.492 e. The number of aryl methyl sites for hydroxylation is 1. The van der Waals surface area contributed by atoms with E-state index >= 15 is 0 Å². The molecule has 8 nitrogen and oxygen atoms in total. The Bertz CT molecular complexity index is 708. The normalized spacial score (nSPS) is 11.7. The SMILES string of the molecule is CCNC(=NCc1ccc(OCCN(CC)CC)cc1)NCc1ncnn1C. The van der Waals surface area contributed by atoms with Gasteiger partial charge in [-0.1, -0.05) is 26.0 Å². The maximum Gasteiger partial charge on any atom is 0.191 e. The fraction of sp³-hybridized carbons (Fsp3) is 0.550. The molecule has 1 aromatic heterocycles. The van der Waals surface area contributed by atoms with Crippen molar-refractivity contribution in [2.24, 2.45) is 12.0 Å². The zero-order valence-electron chi connectivity index (χ0n) is 17.5. The molecule has 0 amide bonds. The second-order valence-electron chi connectivity index (χ2n) is 6.37. The van der Waals surface area contributed by atoms with E-state index in [-0.39, 0.29) is 0 Å². The number of hydrogen-bond donors (Lipinski definition) is 2. The zero-order chi connectivity index (χ0) is 20.2. The molecule has 0 aliphatic rings. The van der Waals surface area contributed by atoms with Crippen molar-refractivity contribution in [3.05, 3.63) is 42.0 Å². The summed E-state index contributed by atoms with van der Waals surface area (Å²) in [6.45, 7) is 12.1. The summed E-state index contributed by atoms with van der Waals surface area (Å²) in [5.74, 6) is 2.51. The van der Waals surface area contributed by atoms with Crippen LogP contribution in [0.15, 0.2) is 35.6 Å². The Morgan fingerprint density at radius 2 is 1.89 bits per heavy atom. The second kappa shape index (κ2) is 12.0. The average Bonchev–Trinajstić information content (AvgIpc) is 3.13. The van der Waals surface area contributed by atoms with E-state index in [9.17, 15) is 0 Å². The molecule has 2 N–H and O–H groups in total. The van der Waals surface area contributed by atoms with Crippen molar-refractivity contribution < 1.29 is 4.74 Å². The lowest BCUT2D eigenvalue weighted by Gasteiger charge is -2.18. The van der Waals surface area contributed by atoms with E-state index in [2.05, 4.69) is 56.6 Å². The highest BCUT2D eigenvalue weighted by Crippen LogP contribution is 2.13. The summed E-state index contributed by atoms with van der Waals surface area (Å²) >= 11 is 0. The molecule has 0 aliphatic carbocycles. The van der Waals surface area contributed by atoms with Gasteiger partial charge in [0.05, 0.1) is 13.1 Å². The first-order valence-corrected chi connectivity index (χ1v) is 9.95. The van der Waals surface area contributed by atoms with Crippen molar-refractivity contribution in [2.45, 2.75) is 33.9 Å². The Morgan fingerprint density at radius 3 is 2.50 bits per heavy atom. The van der Waals surface area contributed by atoms with Crippen molar-refractivity contribution in [3.8, 4) is 5.75 Å². The molecule has 28 heavy (non-hydrogen) atoms. The van der Waals surface area contributed by atoms with E-state index in [1.165, 1.54) is 0 Å². The minimum absolute atomic E-state index is 0.571. The molecular formula is C20H33N7O. The lowest BCUT2D eigenvalue weighted by atomic mass is 10.2. The van der Waals surface area contributed by atoms with Crippen LogP contribution in [0.3, 0.4) is 0 Å². The van der Waals surface area contributed by atoms with Gasteiger partial charge in [-0.2, -0.15) is 5.10 Å². The van der Waals surface area contributed by atoms with Gasteiger partial charge in [0.1, 0.15) is 24.5 Å². The summed E-state index contributed by atoms with van der Waals surface area (Å²) < 4.78 is 7.58. The van der Waals surface area contributed by atoms with Crippen molar-refractivity contribution in [1.82, 2.24) is 30.3 Å².